The fourth-order valence-corrected chi connectivity index (χ4v) is 3.13. The lowest BCUT2D eigenvalue weighted by molar-refractivity contribution is 0.0687. The van der Waals surface area contributed by atoms with Gasteiger partial charge in [-0.1, -0.05) is 13.0 Å². The maximum absolute atomic E-state index is 5.86. The van der Waals surface area contributed by atoms with Crippen LogP contribution in [0, 0.1) is 5.92 Å². The lowest BCUT2D eigenvalue weighted by Gasteiger charge is -2.30. The largest absolute Gasteiger partial charge is 0.497 e. The molecule has 134 valence electrons. The summed E-state index contributed by atoms with van der Waals surface area (Å²) in [4.78, 5) is 2.50. The van der Waals surface area contributed by atoms with Crippen LogP contribution in [0.4, 0.5) is 0 Å². The van der Waals surface area contributed by atoms with E-state index in [0.29, 0.717) is 13.2 Å². The molecule has 0 amide bonds. The van der Waals surface area contributed by atoms with Gasteiger partial charge in [0.1, 0.15) is 18.1 Å². The molecular formula is C20H31NO3. The third-order valence-corrected chi connectivity index (χ3v) is 4.41. The van der Waals surface area contributed by atoms with E-state index in [4.69, 9.17) is 14.2 Å². The third kappa shape index (κ3) is 6.17. The van der Waals surface area contributed by atoms with Gasteiger partial charge in [-0.2, -0.15) is 0 Å². The summed E-state index contributed by atoms with van der Waals surface area (Å²) in [5, 5.41) is 0. The van der Waals surface area contributed by atoms with Gasteiger partial charge in [-0.3, -0.25) is 0 Å². The zero-order chi connectivity index (χ0) is 17.2. The van der Waals surface area contributed by atoms with E-state index in [1.807, 2.05) is 24.3 Å². The molecule has 0 bridgehead atoms. The first-order valence-electron chi connectivity index (χ1n) is 8.93. The van der Waals surface area contributed by atoms with Gasteiger partial charge in [-0.25, -0.2) is 0 Å². The van der Waals surface area contributed by atoms with Crippen LogP contribution >= 0.6 is 0 Å². The van der Waals surface area contributed by atoms with Gasteiger partial charge >= 0.3 is 0 Å². The van der Waals surface area contributed by atoms with E-state index < -0.39 is 0 Å². The number of ether oxygens (including phenoxy) is 3. The van der Waals surface area contributed by atoms with E-state index in [0.717, 1.165) is 42.6 Å². The molecule has 0 aromatic heterocycles. The van der Waals surface area contributed by atoms with Crippen LogP contribution in [0.3, 0.4) is 0 Å². The number of methoxy groups -OCH3 is 1. The fourth-order valence-electron chi connectivity index (χ4n) is 3.13. The molecule has 24 heavy (non-hydrogen) atoms. The van der Waals surface area contributed by atoms with Crippen LogP contribution in [-0.4, -0.2) is 51.5 Å². The van der Waals surface area contributed by atoms with Crippen molar-refractivity contribution in [3.8, 4) is 11.5 Å². The van der Waals surface area contributed by atoms with Crippen LogP contribution in [0.15, 0.2) is 30.9 Å². The molecule has 4 nitrogen and oxygen atoms in total. The summed E-state index contributed by atoms with van der Waals surface area (Å²) in [6.45, 7) is 11.5. The Labute approximate surface area is 146 Å². The van der Waals surface area contributed by atoms with E-state index in [-0.39, 0.29) is 0 Å². The average Bonchev–Trinajstić information content (AvgIpc) is 2.59. The summed E-state index contributed by atoms with van der Waals surface area (Å²) in [6, 6.07) is 5.86. The van der Waals surface area contributed by atoms with Gasteiger partial charge in [0.05, 0.1) is 20.3 Å². The molecule has 0 radical (unpaired) electrons. The summed E-state index contributed by atoms with van der Waals surface area (Å²) in [6.07, 6.45) is 5.31. The first kappa shape index (κ1) is 18.8. The van der Waals surface area contributed by atoms with Crippen molar-refractivity contribution >= 4 is 0 Å². The topological polar surface area (TPSA) is 30.9 Å². The number of likely N-dealkylation sites (tertiary alicyclic amines) is 1. The molecule has 1 aromatic rings. The lowest BCUT2D eigenvalue weighted by atomic mass is 10.0. The van der Waals surface area contributed by atoms with Crippen LogP contribution in [0.1, 0.15) is 25.3 Å². The molecular weight excluding hydrogens is 302 g/mol. The second kappa shape index (κ2) is 10.4. The fraction of sp³-hybridized carbons (Fsp3) is 0.600. The zero-order valence-electron chi connectivity index (χ0n) is 15.1. The van der Waals surface area contributed by atoms with E-state index in [9.17, 15) is 0 Å². The Bertz CT molecular complexity index is 504. The number of hydrogen-bond donors (Lipinski definition) is 0. The molecule has 1 aliphatic rings. The van der Waals surface area contributed by atoms with Crippen molar-refractivity contribution in [2.24, 2.45) is 5.92 Å². The van der Waals surface area contributed by atoms with E-state index >= 15 is 0 Å². The molecule has 1 aliphatic heterocycles. The van der Waals surface area contributed by atoms with Crippen molar-refractivity contribution in [3.05, 3.63) is 36.4 Å². The van der Waals surface area contributed by atoms with Crippen molar-refractivity contribution in [1.29, 1.82) is 0 Å². The Morgan fingerprint density at radius 3 is 2.92 bits per heavy atom. The summed E-state index contributed by atoms with van der Waals surface area (Å²) in [5.74, 6) is 2.54. The number of piperidine rings is 1. The Hall–Kier alpha value is -1.52. The summed E-state index contributed by atoms with van der Waals surface area (Å²) >= 11 is 0. The first-order chi connectivity index (χ1) is 11.7. The molecule has 0 aliphatic carbocycles. The van der Waals surface area contributed by atoms with E-state index in [2.05, 4.69) is 18.4 Å². The highest BCUT2D eigenvalue weighted by Gasteiger charge is 2.15. The molecule has 1 saturated heterocycles. The van der Waals surface area contributed by atoms with Gasteiger partial charge in [0, 0.05) is 18.7 Å². The molecule has 1 aromatic carbocycles. The SMILES string of the molecule is C=CCc1cc(OC)ccc1OCCOCCN1CCC[C@@H](C)C1. The van der Waals surface area contributed by atoms with Gasteiger partial charge in [0.15, 0.2) is 0 Å². The minimum Gasteiger partial charge on any atom is -0.497 e. The zero-order valence-corrected chi connectivity index (χ0v) is 15.1. The van der Waals surface area contributed by atoms with E-state index in [1.54, 1.807) is 7.11 Å². The van der Waals surface area contributed by atoms with Crippen LogP contribution in [0.5, 0.6) is 11.5 Å². The number of allylic oxidation sites excluding steroid dienone is 1. The Kier molecular flexibility index (Phi) is 8.13. The van der Waals surface area contributed by atoms with Crippen LogP contribution in [0.25, 0.3) is 0 Å². The van der Waals surface area contributed by atoms with Crippen molar-refractivity contribution < 1.29 is 14.2 Å². The Morgan fingerprint density at radius 1 is 1.29 bits per heavy atom. The van der Waals surface area contributed by atoms with Crippen molar-refractivity contribution in [2.45, 2.75) is 26.2 Å². The predicted octanol–water partition coefficient (Wildman–Crippen LogP) is 3.55. The summed E-state index contributed by atoms with van der Waals surface area (Å²) in [7, 11) is 1.67. The minimum atomic E-state index is 0.562. The van der Waals surface area contributed by atoms with E-state index in [1.165, 1.54) is 25.9 Å². The number of benzene rings is 1. The number of rotatable bonds is 10. The molecule has 0 N–H and O–H groups in total. The van der Waals surface area contributed by atoms with Crippen molar-refractivity contribution in [3.63, 3.8) is 0 Å². The second-order valence-corrected chi connectivity index (χ2v) is 6.48. The molecule has 4 heteroatoms. The number of hydrogen-bond acceptors (Lipinski definition) is 4. The normalized spacial score (nSPS) is 18.3. The molecule has 1 heterocycles. The standard InChI is InChI=1S/C20H31NO3/c1-4-6-18-15-19(22-3)8-9-20(18)24-14-13-23-12-11-21-10-5-7-17(2)16-21/h4,8-9,15,17H,1,5-7,10-14,16H2,2-3H3/t17-/m1/s1. The minimum absolute atomic E-state index is 0.562. The molecule has 0 unspecified atom stereocenters. The highest BCUT2D eigenvalue weighted by Crippen LogP contribution is 2.25. The van der Waals surface area contributed by atoms with Gasteiger partial charge < -0.3 is 19.1 Å². The van der Waals surface area contributed by atoms with Crippen molar-refractivity contribution in [2.75, 3.05) is 46.6 Å². The molecule has 2 rings (SSSR count). The summed E-state index contributed by atoms with van der Waals surface area (Å²) in [5.41, 5.74) is 1.09. The van der Waals surface area contributed by atoms with Gasteiger partial charge in [-0.15, -0.1) is 6.58 Å². The highest BCUT2D eigenvalue weighted by molar-refractivity contribution is 5.41. The highest BCUT2D eigenvalue weighted by atomic mass is 16.5. The number of nitrogens with zero attached hydrogens (tertiary/aromatic N) is 1. The Morgan fingerprint density at radius 2 is 2.17 bits per heavy atom. The molecule has 1 atom stereocenters. The van der Waals surface area contributed by atoms with Crippen molar-refractivity contribution in [1.82, 2.24) is 4.90 Å². The average molecular weight is 333 g/mol. The maximum Gasteiger partial charge on any atom is 0.123 e. The van der Waals surface area contributed by atoms with Gasteiger partial charge in [-0.05, 0) is 49.9 Å². The molecule has 0 saturated carbocycles. The lowest BCUT2D eigenvalue weighted by Crippen LogP contribution is -2.36. The monoisotopic (exact) mass is 333 g/mol. The summed E-state index contributed by atoms with van der Waals surface area (Å²) < 4.78 is 16.8. The van der Waals surface area contributed by atoms with Gasteiger partial charge in [0.25, 0.3) is 0 Å². The van der Waals surface area contributed by atoms with Crippen LogP contribution in [-0.2, 0) is 11.2 Å². The first-order valence-corrected chi connectivity index (χ1v) is 8.93. The second-order valence-electron chi connectivity index (χ2n) is 6.48. The van der Waals surface area contributed by atoms with Crippen LogP contribution in [0.2, 0.25) is 0 Å². The quantitative estimate of drug-likeness (QED) is 0.484. The van der Waals surface area contributed by atoms with Crippen LogP contribution < -0.4 is 9.47 Å². The maximum atomic E-state index is 5.86. The smallest absolute Gasteiger partial charge is 0.123 e. The Balaban J connectivity index is 1.65. The molecule has 0 spiro atoms. The predicted molar refractivity (Wildman–Crippen MR) is 98.0 cm³/mol. The molecule has 1 fully saturated rings. The van der Waals surface area contributed by atoms with Gasteiger partial charge in [0.2, 0.25) is 0 Å². The third-order valence-electron chi connectivity index (χ3n) is 4.41.